The van der Waals surface area contributed by atoms with Crippen molar-refractivity contribution in [3.8, 4) is 0 Å². The minimum Gasteiger partial charge on any atom is -0.368 e. The molecule has 4 nitrogen and oxygen atoms in total. The maximum absolute atomic E-state index is 12.0. The molecular formula is C13H24N2O2. The van der Waals surface area contributed by atoms with Crippen molar-refractivity contribution in [2.45, 2.75) is 32.8 Å². The van der Waals surface area contributed by atoms with Crippen LogP contribution in [0.15, 0.2) is 0 Å². The largest absolute Gasteiger partial charge is 0.368 e. The van der Waals surface area contributed by atoms with Gasteiger partial charge in [0.25, 0.3) is 0 Å². The molecule has 1 amide bonds. The van der Waals surface area contributed by atoms with Crippen molar-refractivity contribution in [2.24, 2.45) is 17.8 Å². The average Bonchev–Trinajstić information content (AvgIpc) is 2.74. The third-order valence-corrected chi connectivity index (χ3v) is 4.15. The lowest BCUT2D eigenvalue weighted by atomic mass is 9.88. The zero-order valence-electron chi connectivity index (χ0n) is 10.9. The van der Waals surface area contributed by atoms with E-state index in [9.17, 15) is 4.79 Å². The molecule has 2 fully saturated rings. The standard InChI is InChI=1S/C13H24N2O2/c1-9-4-6-17-12(9)13(16)15-8-11-3-5-14-7-10(11)2/h9-12,14H,3-8H2,1-2H3,(H,15,16). The lowest BCUT2D eigenvalue weighted by Crippen LogP contribution is -2.44. The van der Waals surface area contributed by atoms with Crippen LogP contribution in [0.5, 0.6) is 0 Å². The monoisotopic (exact) mass is 240 g/mol. The summed E-state index contributed by atoms with van der Waals surface area (Å²) in [6.07, 6.45) is 1.94. The van der Waals surface area contributed by atoms with Gasteiger partial charge in [0.2, 0.25) is 5.91 Å². The van der Waals surface area contributed by atoms with Crippen molar-refractivity contribution in [2.75, 3.05) is 26.2 Å². The van der Waals surface area contributed by atoms with E-state index in [1.54, 1.807) is 0 Å². The normalized spacial score (nSPS) is 38.0. The molecule has 0 spiro atoms. The summed E-state index contributed by atoms with van der Waals surface area (Å²) in [5.41, 5.74) is 0. The number of hydrogen-bond donors (Lipinski definition) is 2. The van der Waals surface area contributed by atoms with Crippen LogP contribution in [-0.2, 0) is 9.53 Å². The molecule has 2 N–H and O–H groups in total. The summed E-state index contributed by atoms with van der Waals surface area (Å²) in [7, 11) is 0. The second-order valence-electron chi connectivity index (χ2n) is 5.53. The molecule has 2 aliphatic rings. The van der Waals surface area contributed by atoms with Gasteiger partial charge in [-0.25, -0.2) is 0 Å². The predicted octanol–water partition coefficient (Wildman–Crippen LogP) is 0.773. The molecule has 0 radical (unpaired) electrons. The van der Waals surface area contributed by atoms with Crippen LogP contribution in [-0.4, -0.2) is 38.3 Å². The molecule has 0 aromatic carbocycles. The van der Waals surface area contributed by atoms with E-state index >= 15 is 0 Å². The molecule has 2 heterocycles. The van der Waals surface area contributed by atoms with Crippen molar-refractivity contribution in [3.05, 3.63) is 0 Å². The number of carbonyl (C=O) groups excluding carboxylic acids is 1. The molecule has 17 heavy (non-hydrogen) atoms. The van der Waals surface area contributed by atoms with Crippen LogP contribution in [0, 0.1) is 17.8 Å². The summed E-state index contributed by atoms with van der Waals surface area (Å²) in [6.45, 7) is 8.00. The van der Waals surface area contributed by atoms with Crippen molar-refractivity contribution in [3.63, 3.8) is 0 Å². The first-order valence-corrected chi connectivity index (χ1v) is 6.78. The van der Waals surface area contributed by atoms with Crippen molar-refractivity contribution >= 4 is 5.91 Å². The Morgan fingerprint density at radius 2 is 2.18 bits per heavy atom. The number of nitrogens with one attached hydrogen (secondary N) is 2. The Balaban J connectivity index is 1.75. The van der Waals surface area contributed by atoms with Gasteiger partial charge < -0.3 is 15.4 Å². The van der Waals surface area contributed by atoms with E-state index in [0.717, 1.165) is 39.1 Å². The van der Waals surface area contributed by atoms with Gasteiger partial charge in [0, 0.05) is 13.2 Å². The average molecular weight is 240 g/mol. The Kier molecular flexibility index (Phi) is 4.40. The van der Waals surface area contributed by atoms with E-state index < -0.39 is 0 Å². The fourth-order valence-electron chi connectivity index (χ4n) is 2.73. The molecule has 0 aromatic heterocycles. The number of ether oxygens (including phenoxy) is 1. The first-order valence-electron chi connectivity index (χ1n) is 6.78. The SMILES string of the molecule is CC1CNCCC1CNC(=O)C1OCCC1C. The number of amides is 1. The molecule has 2 rings (SSSR count). The van der Waals surface area contributed by atoms with E-state index in [2.05, 4.69) is 24.5 Å². The smallest absolute Gasteiger partial charge is 0.249 e. The van der Waals surface area contributed by atoms with Crippen LogP contribution in [0.25, 0.3) is 0 Å². The molecule has 0 aromatic rings. The first-order chi connectivity index (χ1) is 8.18. The van der Waals surface area contributed by atoms with Gasteiger partial charge in [0.05, 0.1) is 0 Å². The number of piperidine rings is 1. The Hall–Kier alpha value is -0.610. The highest BCUT2D eigenvalue weighted by atomic mass is 16.5. The number of hydrogen-bond acceptors (Lipinski definition) is 3. The summed E-state index contributed by atoms with van der Waals surface area (Å²) >= 11 is 0. The quantitative estimate of drug-likeness (QED) is 0.766. The van der Waals surface area contributed by atoms with Crippen LogP contribution >= 0.6 is 0 Å². The molecule has 98 valence electrons. The van der Waals surface area contributed by atoms with Gasteiger partial charge in [0.1, 0.15) is 6.10 Å². The third kappa shape index (κ3) is 3.19. The Labute approximate surface area is 103 Å². The summed E-state index contributed by atoms with van der Waals surface area (Å²) < 4.78 is 5.47. The Morgan fingerprint density at radius 3 is 2.82 bits per heavy atom. The zero-order chi connectivity index (χ0) is 12.3. The number of carbonyl (C=O) groups is 1. The maximum Gasteiger partial charge on any atom is 0.249 e. The van der Waals surface area contributed by atoms with E-state index in [4.69, 9.17) is 4.74 Å². The summed E-state index contributed by atoms with van der Waals surface area (Å²) in [5, 5.41) is 6.44. The highest BCUT2D eigenvalue weighted by Crippen LogP contribution is 2.21. The lowest BCUT2D eigenvalue weighted by Gasteiger charge is -2.30. The summed E-state index contributed by atoms with van der Waals surface area (Å²) in [4.78, 5) is 12.0. The van der Waals surface area contributed by atoms with Crippen LogP contribution < -0.4 is 10.6 Å². The van der Waals surface area contributed by atoms with Crippen molar-refractivity contribution < 1.29 is 9.53 Å². The number of rotatable bonds is 3. The van der Waals surface area contributed by atoms with Gasteiger partial charge in [-0.3, -0.25) is 4.79 Å². The maximum atomic E-state index is 12.0. The molecule has 4 heteroatoms. The van der Waals surface area contributed by atoms with E-state index in [0.29, 0.717) is 17.8 Å². The van der Waals surface area contributed by atoms with Gasteiger partial charge in [-0.1, -0.05) is 13.8 Å². The van der Waals surface area contributed by atoms with Crippen molar-refractivity contribution in [1.29, 1.82) is 0 Å². The minimum absolute atomic E-state index is 0.0840. The van der Waals surface area contributed by atoms with Gasteiger partial charge in [-0.15, -0.1) is 0 Å². The molecular weight excluding hydrogens is 216 g/mol. The third-order valence-electron chi connectivity index (χ3n) is 4.15. The highest BCUT2D eigenvalue weighted by Gasteiger charge is 2.31. The molecule has 2 saturated heterocycles. The summed E-state index contributed by atoms with van der Waals surface area (Å²) in [5.74, 6) is 1.70. The Morgan fingerprint density at radius 1 is 1.35 bits per heavy atom. The van der Waals surface area contributed by atoms with Crippen LogP contribution in [0.1, 0.15) is 26.7 Å². The molecule has 2 aliphatic heterocycles. The van der Waals surface area contributed by atoms with Gasteiger partial charge >= 0.3 is 0 Å². The van der Waals surface area contributed by atoms with Crippen LogP contribution in [0.4, 0.5) is 0 Å². The Bertz CT molecular complexity index is 270. The summed E-state index contributed by atoms with van der Waals surface area (Å²) in [6, 6.07) is 0. The topological polar surface area (TPSA) is 50.4 Å². The first kappa shape index (κ1) is 12.8. The van der Waals surface area contributed by atoms with E-state index in [1.807, 2.05) is 0 Å². The van der Waals surface area contributed by atoms with Crippen molar-refractivity contribution in [1.82, 2.24) is 10.6 Å². The molecule has 0 saturated carbocycles. The second kappa shape index (κ2) is 5.83. The zero-order valence-corrected chi connectivity index (χ0v) is 10.9. The second-order valence-corrected chi connectivity index (χ2v) is 5.53. The van der Waals surface area contributed by atoms with Gasteiger partial charge in [-0.05, 0) is 43.7 Å². The van der Waals surface area contributed by atoms with Gasteiger partial charge in [-0.2, -0.15) is 0 Å². The van der Waals surface area contributed by atoms with Crippen LogP contribution in [0.3, 0.4) is 0 Å². The fraction of sp³-hybridized carbons (Fsp3) is 0.923. The molecule has 4 unspecified atom stereocenters. The highest BCUT2D eigenvalue weighted by molar-refractivity contribution is 5.81. The van der Waals surface area contributed by atoms with E-state index in [1.165, 1.54) is 0 Å². The molecule has 0 bridgehead atoms. The molecule has 0 aliphatic carbocycles. The fourth-order valence-corrected chi connectivity index (χ4v) is 2.73. The lowest BCUT2D eigenvalue weighted by molar-refractivity contribution is -0.131. The van der Waals surface area contributed by atoms with E-state index in [-0.39, 0.29) is 12.0 Å². The predicted molar refractivity (Wildman–Crippen MR) is 66.7 cm³/mol. The molecule has 4 atom stereocenters. The van der Waals surface area contributed by atoms with Crippen LogP contribution in [0.2, 0.25) is 0 Å². The minimum atomic E-state index is -0.216. The van der Waals surface area contributed by atoms with Gasteiger partial charge in [0.15, 0.2) is 0 Å².